The number of carbonyl (C=O) groups is 2. The van der Waals surface area contributed by atoms with Crippen molar-refractivity contribution in [3.05, 3.63) is 145 Å². The molecule has 18 nitrogen and oxygen atoms in total. The normalized spacial score (nSPS) is 13.6. The number of aromatic carboxylic acids is 1. The standard InChI is InChI=1S/C25H24N6O3.C24H21N5O4/c1-26-24(32)22-15-19(8-9-27-22)34-18-6-7-20-17(14-18)16-28-25(29-20)30-21-4-2-3-5-23(21)31-10-12-33-13-11-31;30-23(31)21-14-18(7-8-25-21)33-17-5-6-19-16(13-17)15-26-24(27-19)28-20-3-1-2-4-22(20)29-9-11-32-12-10-29/h2-9,14-16H,10-13H2,1H3,(H,26,32)(H,28,29,30);1-8,13-15H,9-12H2,(H,30,31)(H,26,27,28). The van der Waals surface area contributed by atoms with Gasteiger partial charge in [-0.3, -0.25) is 9.78 Å². The highest BCUT2D eigenvalue weighted by molar-refractivity contribution is 5.92. The van der Waals surface area contributed by atoms with Gasteiger partial charge in [-0.05, 0) is 72.8 Å². The number of carboxylic acids is 1. The van der Waals surface area contributed by atoms with E-state index in [2.05, 4.69) is 67.8 Å². The summed E-state index contributed by atoms with van der Waals surface area (Å²) in [6.45, 7) is 6.24. The van der Waals surface area contributed by atoms with Gasteiger partial charge in [-0.2, -0.15) is 0 Å². The number of carboxylic acid groups (broad SMARTS) is 1. The second-order valence-corrected chi connectivity index (χ2v) is 15.2. The summed E-state index contributed by atoms with van der Waals surface area (Å²) in [5, 5.41) is 20.0. The largest absolute Gasteiger partial charge is 0.477 e. The molecule has 0 bridgehead atoms. The Hall–Kier alpha value is -8.48. The summed E-state index contributed by atoms with van der Waals surface area (Å²) in [6.07, 6.45) is 6.42. The van der Waals surface area contributed by atoms with Crippen LogP contribution in [0.4, 0.5) is 34.6 Å². The summed E-state index contributed by atoms with van der Waals surface area (Å²) in [6, 6.07) is 33.5. The Morgan fingerprint density at radius 3 is 1.49 bits per heavy atom. The lowest BCUT2D eigenvalue weighted by molar-refractivity contribution is 0.0689. The maximum atomic E-state index is 11.8. The lowest BCUT2D eigenvalue weighted by Gasteiger charge is -2.30. The van der Waals surface area contributed by atoms with E-state index in [0.29, 0.717) is 48.1 Å². The third kappa shape index (κ3) is 10.9. The number of hydrogen-bond acceptors (Lipinski definition) is 16. The summed E-state index contributed by atoms with van der Waals surface area (Å²) in [5.74, 6) is 1.71. The van der Waals surface area contributed by atoms with Crippen molar-refractivity contribution in [2.24, 2.45) is 0 Å². The van der Waals surface area contributed by atoms with Gasteiger partial charge in [-0.25, -0.2) is 29.7 Å². The summed E-state index contributed by atoms with van der Waals surface area (Å²) < 4.78 is 22.7. The van der Waals surface area contributed by atoms with Crippen LogP contribution in [0.1, 0.15) is 21.0 Å². The number of pyridine rings is 2. The number of morpholine rings is 2. The quantitative estimate of drug-likeness (QED) is 0.0919. The Morgan fingerprint density at radius 1 is 0.567 bits per heavy atom. The van der Waals surface area contributed by atoms with Crippen molar-refractivity contribution in [1.29, 1.82) is 0 Å². The number of nitrogens with zero attached hydrogens (tertiary/aromatic N) is 8. The minimum atomic E-state index is -1.11. The fraction of sp³-hybridized carbons (Fsp3) is 0.184. The van der Waals surface area contributed by atoms with Crippen LogP contribution < -0.4 is 35.2 Å². The average molecular weight is 900 g/mol. The Balaban J connectivity index is 0.000000168. The third-order valence-electron chi connectivity index (χ3n) is 10.7. The molecule has 338 valence electrons. The number of carbonyl (C=O) groups excluding carboxylic acids is 1. The van der Waals surface area contributed by atoms with Gasteiger partial charge in [0.2, 0.25) is 11.9 Å². The monoisotopic (exact) mass is 899 g/mol. The number of aromatic nitrogens is 6. The predicted octanol–water partition coefficient (Wildman–Crippen LogP) is 7.85. The molecule has 2 saturated heterocycles. The molecule has 10 rings (SSSR count). The van der Waals surface area contributed by atoms with Crippen molar-refractivity contribution in [2.45, 2.75) is 0 Å². The van der Waals surface area contributed by atoms with Crippen LogP contribution in [0.2, 0.25) is 0 Å². The number of anilines is 6. The Bertz CT molecular complexity index is 3040. The topological polar surface area (TPSA) is 211 Å². The lowest BCUT2D eigenvalue weighted by Crippen LogP contribution is -2.36. The van der Waals surface area contributed by atoms with Gasteiger partial charge in [0.05, 0.1) is 60.2 Å². The van der Waals surface area contributed by atoms with Crippen LogP contribution in [-0.4, -0.2) is 107 Å². The number of ether oxygens (including phenoxy) is 4. The highest BCUT2D eigenvalue weighted by atomic mass is 16.5. The Kier molecular flexibility index (Phi) is 13.4. The number of hydrogen-bond donors (Lipinski definition) is 4. The molecule has 4 N–H and O–H groups in total. The average Bonchev–Trinajstić information content (AvgIpc) is 3.37. The van der Waals surface area contributed by atoms with E-state index in [0.717, 1.165) is 83.9 Å². The first-order valence-electron chi connectivity index (χ1n) is 21.5. The number of fused-ring (bicyclic) bond motifs is 2. The zero-order chi connectivity index (χ0) is 46.0. The van der Waals surface area contributed by atoms with Crippen molar-refractivity contribution in [3.63, 3.8) is 0 Å². The minimum absolute atomic E-state index is 0.0790. The van der Waals surface area contributed by atoms with Crippen LogP contribution in [0.3, 0.4) is 0 Å². The van der Waals surface area contributed by atoms with Gasteiger partial charge in [0.15, 0.2) is 5.69 Å². The summed E-state index contributed by atoms with van der Waals surface area (Å²) in [5.41, 5.74) is 5.83. The summed E-state index contributed by atoms with van der Waals surface area (Å²) >= 11 is 0. The number of para-hydroxylation sites is 4. The Labute approximate surface area is 384 Å². The molecule has 0 aliphatic carbocycles. The second-order valence-electron chi connectivity index (χ2n) is 15.2. The molecule has 0 spiro atoms. The van der Waals surface area contributed by atoms with Gasteiger partial charge in [-0.1, -0.05) is 24.3 Å². The van der Waals surface area contributed by atoms with Crippen LogP contribution in [0, 0.1) is 0 Å². The number of rotatable bonds is 12. The molecule has 4 aromatic carbocycles. The van der Waals surface area contributed by atoms with E-state index < -0.39 is 5.97 Å². The molecule has 2 fully saturated rings. The molecule has 1 amide bonds. The van der Waals surface area contributed by atoms with E-state index in [1.807, 2.05) is 66.7 Å². The van der Waals surface area contributed by atoms with Gasteiger partial charge in [0, 0.05) is 80.9 Å². The highest BCUT2D eigenvalue weighted by Crippen LogP contribution is 2.32. The molecule has 4 aromatic heterocycles. The van der Waals surface area contributed by atoms with Crippen molar-refractivity contribution >= 4 is 68.3 Å². The first-order chi connectivity index (χ1) is 32.8. The molecule has 6 heterocycles. The molecule has 2 aliphatic heterocycles. The molecular formula is C49H45N11O7. The SMILES string of the molecule is CNC(=O)c1cc(Oc2ccc3nc(Nc4ccccc4N4CCOCC4)ncc3c2)ccn1.O=C(O)c1cc(Oc2ccc3nc(Nc4ccccc4N4CCOCC4)ncc3c2)ccn1. The Morgan fingerprint density at radius 2 is 1.01 bits per heavy atom. The van der Waals surface area contributed by atoms with Crippen LogP contribution in [0.5, 0.6) is 23.0 Å². The predicted molar refractivity (Wildman–Crippen MR) is 254 cm³/mol. The smallest absolute Gasteiger partial charge is 0.354 e. The molecule has 0 saturated carbocycles. The van der Waals surface area contributed by atoms with Crippen LogP contribution in [0.25, 0.3) is 21.8 Å². The van der Waals surface area contributed by atoms with Crippen molar-refractivity contribution < 1.29 is 33.6 Å². The van der Waals surface area contributed by atoms with Gasteiger partial charge in [0.25, 0.3) is 5.91 Å². The zero-order valence-corrected chi connectivity index (χ0v) is 36.3. The number of amides is 1. The van der Waals surface area contributed by atoms with Crippen molar-refractivity contribution in [2.75, 3.05) is 80.1 Å². The fourth-order valence-corrected chi connectivity index (χ4v) is 7.42. The third-order valence-corrected chi connectivity index (χ3v) is 10.7. The van der Waals surface area contributed by atoms with E-state index in [9.17, 15) is 9.59 Å². The molecule has 0 unspecified atom stereocenters. The molecule has 8 aromatic rings. The van der Waals surface area contributed by atoms with Crippen molar-refractivity contribution in [3.8, 4) is 23.0 Å². The van der Waals surface area contributed by atoms with Gasteiger partial charge in [-0.15, -0.1) is 0 Å². The second kappa shape index (κ2) is 20.6. The lowest BCUT2D eigenvalue weighted by atomic mass is 10.2. The summed E-state index contributed by atoms with van der Waals surface area (Å²) in [4.78, 5) is 53.6. The molecule has 2 aliphatic rings. The van der Waals surface area contributed by atoms with Gasteiger partial charge < -0.3 is 49.8 Å². The number of nitrogens with one attached hydrogen (secondary N) is 3. The molecule has 0 radical (unpaired) electrons. The maximum Gasteiger partial charge on any atom is 0.354 e. The molecule has 18 heteroatoms. The van der Waals surface area contributed by atoms with E-state index in [1.165, 1.54) is 18.5 Å². The van der Waals surface area contributed by atoms with Crippen molar-refractivity contribution in [1.82, 2.24) is 35.2 Å². The first-order valence-corrected chi connectivity index (χ1v) is 21.5. The molecular weight excluding hydrogens is 855 g/mol. The molecule has 0 atom stereocenters. The van der Waals surface area contributed by atoms with E-state index in [1.54, 1.807) is 43.7 Å². The van der Waals surface area contributed by atoms with Crippen LogP contribution in [-0.2, 0) is 9.47 Å². The highest BCUT2D eigenvalue weighted by Gasteiger charge is 2.17. The molecule has 67 heavy (non-hydrogen) atoms. The van der Waals surface area contributed by atoms with E-state index in [4.69, 9.17) is 24.1 Å². The minimum Gasteiger partial charge on any atom is -0.477 e. The number of benzene rings is 4. The summed E-state index contributed by atoms with van der Waals surface area (Å²) in [7, 11) is 1.56. The van der Waals surface area contributed by atoms with Gasteiger partial charge in [0.1, 0.15) is 28.7 Å². The van der Waals surface area contributed by atoms with E-state index >= 15 is 0 Å². The fourth-order valence-electron chi connectivity index (χ4n) is 7.42. The first kappa shape index (κ1) is 43.8. The zero-order valence-electron chi connectivity index (χ0n) is 36.3. The van der Waals surface area contributed by atoms with Gasteiger partial charge >= 0.3 is 5.97 Å². The maximum absolute atomic E-state index is 11.8. The van der Waals surface area contributed by atoms with E-state index in [-0.39, 0.29) is 17.3 Å². The van der Waals surface area contributed by atoms with Crippen LogP contribution in [0.15, 0.2) is 134 Å². The van der Waals surface area contributed by atoms with Crippen LogP contribution >= 0.6 is 0 Å².